The first-order chi connectivity index (χ1) is 14.2. The summed E-state index contributed by atoms with van der Waals surface area (Å²) in [5, 5.41) is 5.68. The van der Waals surface area contributed by atoms with Crippen molar-refractivity contribution in [3.63, 3.8) is 0 Å². The van der Waals surface area contributed by atoms with Gasteiger partial charge < -0.3 is 10.6 Å². The van der Waals surface area contributed by atoms with Crippen molar-refractivity contribution in [2.24, 2.45) is 5.41 Å². The van der Waals surface area contributed by atoms with Gasteiger partial charge in [-0.2, -0.15) is 0 Å². The average Bonchev–Trinajstić information content (AvgIpc) is 3.37. The van der Waals surface area contributed by atoms with Crippen LogP contribution in [0.1, 0.15) is 39.5 Å². The van der Waals surface area contributed by atoms with Gasteiger partial charge in [-0.05, 0) is 44.2 Å². The fraction of sp³-hybridized carbons (Fsp3) is 0.545. The van der Waals surface area contributed by atoms with Gasteiger partial charge in [-0.25, -0.2) is 8.42 Å². The monoisotopic (exact) mass is 450 g/mol. The first-order valence-corrected chi connectivity index (χ1v) is 13.1. The van der Waals surface area contributed by atoms with Crippen LogP contribution in [-0.4, -0.2) is 49.6 Å². The lowest BCUT2D eigenvalue weighted by Crippen LogP contribution is -2.51. The molecule has 2 fully saturated rings. The molecule has 8 heteroatoms. The summed E-state index contributed by atoms with van der Waals surface area (Å²) in [7, 11) is -3.29. The van der Waals surface area contributed by atoms with Gasteiger partial charge in [0.25, 0.3) is 0 Å². The van der Waals surface area contributed by atoms with Gasteiger partial charge in [-0.1, -0.05) is 29.8 Å². The highest BCUT2D eigenvalue weighted by Crippen LogP contribution is 2.52. The molecule has 2 amide bonds. The summed E-state index contributed by atoms with van der Waals surface area (Å²) < 4.78 is 24.2. The molecule has 2 atom stereocenters. The van der Waals surface area contributed by atoms with Crippen molar-refractivity contribution in [2.75, 3.05) is 17.3 Å². The van der Waals surface area contributed by atoms with Crippen LogP contribution in [0, 0.1) is 5.41 Å². The Balaban J connectivity index is 1.53. The maximum absolute atomic E-state index is 12.7. The van der Waals surface area contributed by atoms with Gasteiger partial charge >= 0.3 is 0 Å². The quantitative estimate of drug-likeness (QED) is 0.446. The summed E-state index contributed by atoms with van der Waals surface area (Å²) in [4.78, 5) is 26.0. The van der Waals surface area contributed by atoms with Gasteiger partial charge in [0.2, 0.25) is 11.8 Å². The molecule has 1 aliphatic heterocycles. The summed E-state index contributed by atoms with van der Waals surface area (Å²) in [6.07, 6.45) is 4.41. The lowest BCUT2D eigenvalue weighted by atomic mass is 10.0. The third-order valence-corrected chi connectivity index (χ3v) is 8.62. The number of sulfone groups is 1. The lowest BCUT2D eigenvalue weighted by Gasteiger charge is -2.22. The largest absolute Gasteiger partial charge is 0.350 e. The molecule has 6 nitrogen and oxygen atoms in total. The van der Waals surface area contributed by atoms with Gasteiger partial charge in [-0.15, -0.1) is 11.8 Å². The van der Waals surface area contributed by atoms with E-state index in [-0.39, 0.29) is 35.2 Å². The zero-order valence-corrected chi connectivity index (χ0v) is 19.2. The molecule has 1 aliphatic carbocycles. The average molecular weight is 451 g/mol. The molecule has 0 spiro atoms. The van der Waals surface area contributed by atoms with E-state index in [0.29, 0.717) is 6.42 Å². The van der Waals surface area contributed by atoms with Crippen molar-refractivity contribution in [1.29, 1.82) is 0 Å². The molecule has 2 aliphatic rings. The number of hydrogen-bond donors (Lipinski definition) is 2. The third kappa shape index (κ3) is 6.87. The van der Waals surface area contributed by atoms with E-state index in [2.05, 4.69) is 22.8 Å². The first-order valence-electron chi connectivity index (χ1n) is 10.3. The van der Waals surface area contributed by atoms with Crippen LogP contribution >= 0.6 is 11.8 Å². The lowest BCUT2D eigenvalue weighted by molar-refractivity contribution is -0.124. The number of hydrogen-bond acceptors (Lipinski definition) is 5. The van der Waals surface area contributed by atoms with Crippen LogP contribution in [0.4, 0.5) is 0 Å². The molecule has 30 heavy (non-hydrogen) atoms. The van der Waals surface area contributed by atoms with E-state index in [4.69, 9.17) is 0 Å². The highest BCUT2D eigenvalue weighted by molar-refractivity contribution is 7.99. The Morgan fingerprint density at radius 2 is 1.67 bits per heavy atom. The Kier molecular flexibility index (Phi) is 7.29. The zero-order chi connectivity index (χ0) is 21.8. The number of nitrogens with one attached hydrogen (secondary N) is 2. The molecular weight excluding hydrogens is 420 g/mol. The Morgan fingerprint density at radius 1 is 1.07 bits per heavy atom. The fourth-order valence-corrected chi connectivity index (χ4v) is 6.67. The highest BCUT2D eigenvalue weighted by atomic mass is 32.2. The number of carbonyl (C=O) groups is 2. The molecular formula is C22H30N2O4S2. The van der Waals surface area contributed by atoms with E-state index < -0.39 is 21.9 Å². The van der Waals surface area contributed by atoms with E-state index in [0.717, 1.165) is 24.2 Å². The topological polar surface area (TPSA) is 92.3 Å². The Morgan fingerprint density at radius 3 is 2.23 bits per heavy atom. The normalized spacial score (nSPS) is 23.4. The molecule has 1 saturated carbocycles. The zero-order valence-electron chi connectivity index (χ0n) is 17.5. The number of amides is 2. The molecule has 3 rings (SSSR count). The van der Waals surface area contributed by atoms with Crippen molar-refractivity contribution in [1.82, 2.24) is 10.6 Å². The summed E-state index contributed by atoms with van der Waals surface area (Å²) in [6, 6.07) is 8.96. The Bertz CT molecular complexity index is 904. The smallest absolute Gasteiger partial charge is 0.224 e. The van der Waals surface area contributed by atoms with Gasteiger partial charge in [0.15, 0.2) is 9.84 Å². The van der Waals surface area contributed by atoms with Crippen LogP contribution in [0.5, 0.6) is 0 Å². The standard InChI is InChI=1S/C22H30N2O4S2/c1-16(2)8-9-20(25)23-18-13-30(27,28)14-19(18)24-21(26)12-22(10-11-22)15-29-17-6-4-3-5-7-17/h3-8,18-19H,9-15H2,1-2H3,(H,23,25)(H,24,26). The van der Waals surface area contributed by atoms with Crippen molar-refractivity contribution in [3.05, 3.63) is 42.0 Å². The second kappa shape index (κ2) is 9.56. The molecule has 0 aromatic heterocycles. The Hall–Kier alpha value is -1.80. The second-order valence-corrected chi connectivity index (χ2v) is 11.9. The van der Waals surface area contributed by atoms with Gasteiger partial charge in [-0.3, -0.25) is 9.59 Å². The van der Waals surface area contributed by atoms with E-state index in [9.17, 15) is 18.0 Å². The van der Waals surface area contributed by atoms with Crippen LogP contribution in [0.2, 0.25) is 0 Å². The minimum atomic E-state index is -3.29. The molecule has 1 aromatic rings. The number of rotatable bonds is 9. The molecule has 1 heterocycles. The molecule has 0 bridgehead atoms. The fourth-order valence-electron chi connectivity index (χ4n) is 3.60. The second-order valence-electron chi connectivity index (χ2n) is 8.69. The third-order valence-electron chi connectivity index (χ3n) is 5.52. The molecule has 1 aromatic carbocycles. The van der Waals surface area contributed by atoms with Crippen LogP contribution < -0.4 is 10.6 Å². The van der Waals surface area contributed by atoms with Crippen molar-refractivity contribution >= 4 is 33.4 Å². The van der Waals surface area contributed by atoms with Gasteiger partial charge in [0.1, 0.15) is 0 Å². The minimum Gasteiger partial charge on any atom is -0.350 e. The van der Waals surface area contributed by atoms with Crippen LogP contribution in [0.3, 0.4) is 0 Å². The van der Waals surface area contributed by atoms with Crippen LogP contribution in [-0.2, 0) is 19.4 Å². The number of benzene rings is 1. The molecule has 0 radical (unpaired) electrons. The Labute approximate surface area is 183 Å². The van der Waals surface area contributed by atoms with Crippen LogP contribution in [0.15, 0.2) is 46.9 Å². The molecule has 2 unspecified atom stereocenters. The first kappa shape index (κ1) is 22.9. The molecule has 1 saturated heterocycles. The summed E-state index contributed by atoms with van der Waals surface area (Å²) in [5.74, 6) is 0.254. The van der Waals surface area contributed by atoms with E-state index in [1.54, 1.807) is 17.8 Å². The highest BCUT2D eigenvalue weighted by Gasteiger charge is 2.45. The molecule has 2 N–H and O–H groups in total. The number of carbonyl (C=O) groups excluding carboxylic acids is 2. The summed E-state index contributed by atoms with van der Waals surface area (Å²) in [5.41, 5.74) is 1.02. The molecule has 164 valence electrons. The maximum atomic E-state index is 12.7. The summed E-state index contributed by atoms with van der Waals surface area (Å²) >= 11 is 1.75. The van der Waals surface area contributed by atoms with Gasteiger partial charge in [0.05, 0.1) is 23.6 Å². The van der Waals surface area contributed by atoms with E-state index in [1.165, 1.54) is 4.90 Å². The predicted molar refractivity (Wildman–Crippen MR) is 120 cm³/mol. The van der Waals surface area contributed by atoms with Crippen molar-refractivity contribution in [3.8, 4) is 0 Å². The predicted octanol–water partition coefficient (Wildman–Crippen LogP) is 2.70. The number of allylic oxidation sites excluding steroid dienone is 1. The van der Waals surface area contributed by atoms with E-state index >= 15 is 0 Å². The number of thioether (sulfide) groups is 1. The van der Waals surface area contributed by atoms with E-state index in [1.807, 2.05) is 32.0 Å². The van der Waals surface area contributed by atoms with Gasteiger partial charge in [0, 0.05) is 23.5 Å². The maximum Gasteiger partial charge on any atom is 0.224 e. The van der Waals surface area contributed by atoms with Crippen molar-refractivity contribution < 1.29 is 18.0 Å². The SMILES string of the molecule is CC(C)=CCC(=O)NC1CS(=O)(=O)CC1NC(=O)CC1(CSc2ccccc2)CC1. The van der Waals surface area contributed by atoms with Crippen LogP contribution in [0.25, 0.3) is 0 Å². The van der Waals surface area contributed by atoms with Crippen molar-refractivity contribution in [2.45, 2.75) is 56.5 Å². The summed E-state index contributed by atoms with van der Waals surface area (Å²) in [6.45, 7) is 3.81. The minimum absolute atomic E-state index is 0.00966.